The Balaban J connectivity index is 1.67. The molecule has 0 amide bonds. The van der Waals surface area contributed by atoms with E-state index in [1.54, 1.807) is 0 Å². The molecular weight excluding hydrogens is 440 g/mol. The molecule has 4 N–H and O–H groups in total. The molecule has 200 valence electrons. The maximum Gasteiger partial charge on any atom is 0.114 e. The Hall–Kier alpha value is -0.980. The van der Waals surface area contributed by atoms with E-state index in [9.17, 15) is 15.3 Å². The van der Waals surface area contributed by atoms with Crippen molar-refractivity contribution >= 4 is 0 Å². The molecule has 5 heteroatoms. The molecule has 5 nitrogen and oxygen atoms in total. The van der Waals surface area contributed by atoms with Gasteiger partial charge in [-0.1, -0.05) is 51.0 Å². The molecule has 0 spiro atoms. The van der Waals surface area contributed by atoms with Gasteiger partial charge in [0, 0.05) is 19.6 Å². The maximum absolute atomic E-state index is 10.7. The average molecular weight is 491 g/mol. The van der Waals surface area contributed by atoms with Crippen molar-refractivity contribution in [3.63, 3.8) is 0 Å². The van der Waals surface area contributed by atoms with Crippen LogP contribution in [-0.2, 0) is 4.74 Å². The van der Waals surface area contributed by atoms with Crippen molar-refractivity contribution in [2.45, 2.75) is 116 Å². The zero-order valence-corrected chi connectivity index (χ0v) is 22.5. The molecule has 35 heavy (non-hydrogen) atoms. The number of hydrogen-bond donors (Lipinski definition) is 4. The van der Waals surface area contributed by atoms with E-state index < -0.39 is 23.9 Å². The fourth-order valence-electron chi connectivity index (χ4n) is 7.21. The third kappa shape index (κ3) is 6.87. The number of ether oxygens (including phenoxy) is 1. The van der Waals surface area contributed by atoms with Gasteiger partial charge >= 0.3 is 0 Å². The molecule has 0 bridgehead atoms. The SMILES string of the molecule is C=C1/C(=C/C=C2\CCC[C@@]3(C)[C@@H]([C@H](C)CCCC(C)(C)O)CC[C@@H]23)C[C@@H](O)[C@@H](OCCCO)[C@@H]1O. The molecule has 0 aromatic heterocycles. The molecule has 0 heterocycles. The standard InChI is InChI=1S/C30H50O5/c1-20(9-6-15-29(3,4)34)24-13-14-25-22(10-7-16-30(24,25)5)11-12-23-19-26(32)28(27(33)21(23)2)35-18-8-17-31/h11-12,20,24-28,31-34H,2,6-10,13-19H2,1,3-5H3/b22-11+,23-12+/t20-,24-,25+,26-,27-,28-,30+/m1/s1. The van der Waals surface area contributed by atoms with Crippen LogP contribution >= 0.6 is 0 Å². The second kappa shape index (κ2) is 12.0. The molecule has 0 aromatic carbocycles. The number of rotatable bonds is 10. The average Bonchev–Trinajstić information content (AvgIpc) is 3.14. The zero-order chi connectivity index (χ0) is 25.8. The van der Waals surface area contributed by atoms with Gasteiger partial charge in [0.2, 0.25) is 0 Å². The minimum Gasteiger partial charge on any atom is -0.396 e. The van der Waals surface area contributed by atoms with E-state index in [-0.39, 0.29) is 6.61 Å². The summed E-state index contributed by atoms with van der Waals surface area (Å²) >= 11 is 0. The van der Waals surface area contributed by atoms with Gasteiger partial charge in [-0.05, 0) is 93.1 Å². The van der Waals surface area contributed by atoms with Gasteiger partial charge in [-0.25, -0.2) is 0 Å². The van der Waals surface area contributed by atoms with E-state index in [1.807, 2.05) is 13.8 Å². The minimum absolute atomic E-state index is 0.0269. The first-order valence-corrected chi connectivity index (χ1v) is 13.9. The lowest BCUT2D eigenvalue weighted by Gasteiger charge is -2.44. The van der Waals surface area contributed by atoms with Gasteiger partial charge in [0.05, 0.1) is 11.7 Å². The first-order valence-electron chi connectivity index (χ1n) is 13.9. The lowest BCUT2D eigenvalue weighted by molar-refractivity contribution is -0.0968. The first-order chi connectivity index (χ1) is 16.5. The summed E-state index contributed by atoms with van der Waals surface area (Å²) in [5, 5.41) is 40.4. The van der Waals surface area contributed by atoms with E-state index >= 15 is 0 Å². The lowest BCUT2D eigenvalue weighted by Crippen LogP contribution is -2.45. The van der Waals surface area contributed by atoms with Crippen LogP contribution in [0.1, 0.15) is 91.9 Å². The second-order valence-electron chi connectivity index (χ2n) is 12.4. The van der Waals surface area contributed by atoms with Crippen molar-refractivity contribution in [1.29, 1.82) is 0 Å². The summed E-state index contributed by atoms with van der Waals surface area (Å²) in [6.07, 6.45) is 12.1. The highest BCUT2D eigenvalue weighted by Gasteiger charge is 2.50. The molecule has 0 saturated heterocycles. The van der Waals surface area contributed by atoms with E-state index in [0.717, 1.165) is 30.8 Å². The summed E-state index contributed by atoms with van der Waals surface area (Å²) in [6.45, 7) is 13.2. The molecule has 3 fully saturated rings. The smallest absolute Gasteiger partial charge is 0.114 e. The van der Waals surface area contributed by atoms with Crippen molar-refractivity contribution < 1.29 is 25.2 Å². The topological polar surface area (TPSA) is 90.2 Å². The van der Waals surface area contributed by atoms with Gasteiger partial charge in [0.25, 0.3) is 0 Å². The first kappa shape index (κ1) is 28.6. The summed E-state index contributed by atoms with van der Waals surface area (Å²) in [5.74, 6) is 1.98. The predicted molar refractivity (Wildman–Crippen MR) is 141 cm³/mol. The molecule has 3 saturated carbocycles. The minimum atomic E-state index is -0.931. The van der Waals surface area contributed by atoms with Gasteiger partial charge in [0.15, 0.2) is 0 Å². The quantitative estimate of drug-likeness (QED) is 0.321. The van der Waals surface area contributed by atoms with Crippen LogP contribution in [0.3, 0.4) is 0 Å². The number of hydrogen-bond acceptors (Lipinski definition) is 5. The number of aliphatic hydroxyl groups is 4. The highest BCUT2D eigenvalue weighted by Crippen LogP contribution is 2.60. The van der Waals surface area contributed by atoms with Crippen LogP contribution in [0.4, 0.5) is 0 Å². The third-order valence-electron chi connectivity index (χ3n) is 9.17. The summed E-state index contributed by atoms with van der Waals surface area (Å²) in [6, 6.07) is 0. The van der Waals surface area contributed by atoms with Gasteiger partial charge in [-0.2, -0.15) is 0 Å². The highest BCUT2D eigenvalue weighted by molar-refractivity contribution is 5.40. The Morgan fingerprint density at radius 1 is 1.20 bits per heavy atom. The Morgan fingerprint density at radius 3 is 2.63 bits per heavy atom. The zero-order valence-electron chi connectivity index (χ0n) is 22.5. The predicted octanol–water partition coefficient (Wildman–Crippen LogP) is 5.08. The number of allylic oxidation sites excluding steroid dienone is 3. The summed E-state index contributed by atoms with van der Waals surface area (Å²) in [4.78, 5) is 0. The van der Waals surface area contributed by atoms with Crippen LogP contribution < -0.4 is 0 Å². The summed E-state index contributed by atoms with van der Waals surface area (Å²) in [7, 11) is 0. The fraction of sp³-hybridized carbons (Fsp3) is 0.800. The summed E-state index contributed by atoms with van der Waals surface area (Å²) in [5.41, 5.74) is 2.79. The van der Waals surface area contributed by atoms with Crippen LogP contribution in [-0.4, -0.2) is 57.6 Å². The van der Waals surface area contributed by atoms with Crippen molar-refractivity contribution in [2.75, 3.05) is 13.2 Å². The van der Waals surface area contributed by atoms with Crippen molar-refractivity contribution in [1.82, 2.24) is 0 Å². The van der Waals surface area contributed by atoms with Crippen molar-refractivity contribution in [3.8, 4) is 0 Å². The number of fused-ring (bicyclic) bond motifs is 1. The van der Waals surface area contributed by atoms with Gasteiger partial charge in [-0.15, -0.1) is 0 Å². The molecule has 7 atom stereocenters. The highest BCUT2D eigenvalue weighted by atomic mass is 16.5. The van der Waals surface area contributed by atoms with Gasteiger partial charge in [0.1, 0.15) is 12.2 Å². The maximum atomic E-state index is 10.7. The monoisotopic (exact) mass is 490 g/mol. The Labute approximate surface area is 213 Å². The molecule has 0 radical (unpaired) electrons. The van der Waals surface area contributed by atoms with E-state index in [0.29, 0.717) is 42.3 Å². The molecule has 0 aromatic rings. The van der Waals surface area contributed by atoms with Crippen LogP contribution in [0, 0.1) is 23.2 Å². The van der Waals surface area contributed by atoms with Crippen LogP contribution in [0.15, 0.2) is 35.5 Å². The lowest BCUT2D eigenvalue weighted by atomic mass is 9.60. The van der Waals surface area contributed by atoms with Crippen LogP contribution in [0.25, 0.3) is 0 Å². The number of aliphatic hydroxyl groups excluding tert-OH is 3. The van der Waals surface area contributed by atoms with Crippen LogP contribution in [0.5, 0.6) is 0 Å². The van der Waals surface area contributed by atoms with Crippen molar-refractivity contribution in [2.24, 2.45) is 23.2 Å². The Kier molecular flexibility index (Phi) is 9.84. The molecule has 0 aliphatic heterocycles. The fourth-order valence-corrected chi connectivity index (χ4v) is 7.21. The molecule has 3 rings (SSSR count). The summed E-state index contributed by atoms with van der Waals surface area (Å²) < 4.78 is 5.63. The van der Waals surface area contributed by atoms with E-state index in [4.69, 9.17) is 9.84 Å². The Morgan fingerprint density at radius 2 is 1.94 bits per heavy atom. The normalized spacial score (nSPS) is 37.1. The third-order valence-corrected chi connectivity index (χ3v) is 9.17. The molecule has 3 aliphatic carbocycles. The molecular formula is C30H50O5. The van der Waals surface area contributed by atoms with E-state index in [2.05, 4.69) is 32.6 Å². The van der Waals surface area contributed by atoms with Gasteiger partial charge < -0.3 is 25.2 Å². The van der Waals surface area contributed by atoms with Gasteiger partial charge in [-0.3, -0.25) is 0 Å². The second-order valence-corrected chi connectivity index (χ2v) is 12.4. The molecule has 3 aliphatic rings. The Bertz CT molecular complexity index is 778. The largest absolute Gasteiger partial charge is 0.396 e. The van der Waals surface area contributed by atoms with E-state index in [1.165, 1.54) is 37.7 Å². The van der Waals surface area contributed by atoms with Crippen LogP contribution in [0.2, 0.25) is 0 Å². The van der Waals surface area contributed by atoms with Crippen molar-refractivity contribution in [3.05, 3.63) is 35.5 Å². The molecule has 0 unspecified atom stereocenters.